The Bertz CT molecular complexity index is 605. The van der Waals surface area contributed by atoms with Gasteiger partial charge in [-0.2, -0.15) is 0 Å². The van der Waals surface area contributed by atoms with Crippen LogP contribution in [0.3, 0.4) is 0 Å². The number of hydrogen-bond acceptors (Lipinski definition) is 5. The second-order valence-corrected chi connectivity index (χ2v) is 4.31. The number of benzene rings is 1. The molecule has 2 N–H and O–H groups in total. The molecule has 0 radical (unpaired) electrons. The quantitative estimate of drug-likeness (QED) is 0.928. The standard InChI is InChI=1S/C15H18N2O3/c1-9-14(20-4)8-13(15(16)17-9)10-5-11(18-2)7-12(6-10)19-3/h5-8H,1-4H3,(H2,16,17). The van der Waals surface area contributed by atoms with Crippen molar-refractivity contribution in [1.29, 1.82) is 0 Å². The molecule has 0 unspecified atom stereocenters. The molecule has 0 amide bonds. The van der Waals surface area contributed by atoms with E-state index in [0.29, 0.717) is 23.1 Å². The number of rotatable bonds is 4. The van der Waals surface area contributed by atoms with Gasteiger partial charge in [-0.05, 0) is 30.7 Å². The van der Waals surface area contributed by atoms with Gasteiger partial charge in [-0.1, -0.05) is 0 Å². The summed E-state index contributed by atoms with van der Waals surface area (Å²) in [5.41, 5.74) is 8.41. The lowest BCUT2D eigenvalue weighted by Crippen LogP contribution is -1.99. The highest BCUT2D eigenvalue weighted by molar-refractivity contribution is 5.77. The third-order valence-corrected chi connectivity index (χ3v) is 3.08. The van der Waals surface area contributed by atoms with Gasteiger partial charge in [-0.15, -0.1) is 0 Å². The third-order valence-electron chi connectivity index (χ3n) is 3.08. The van der Waals surface area contributed by atoms with Crippen molar-refractivity contribution in [3.8, 4) is 28.4 Å². The van der Waals surface area contributed by atoms with Gasteiger partial charge in [0.2, 0.25) is 0 Å². The summed E-state index contributed by atoms with van der Waals surface area (Å²) in [6.45, 7) is 1.85. The fraction of sp³-hybridized carbons (Fsp3) is 0.267. The minimum atomic E-state index is 0.443. The Morgan fingerprint density at radius 1 is 0.900 bits per heavy atom. The SMILES string of the molecule is COc1cc(OC)cc(-c2cc(OC)c(C)nc2N)c1. The number of nitrogens with two attached hydrogens (primary N) is 1. The number of pyridine rings is 1. The number of anilines is 1. The Hall–Kier alpha value is -2.43. The molecule has 0 fully saturated rings. The predicted octanol–water partition coefficient (Wildman–Crippen LogP) is 2.67. The molecule has 0 spiro atoms. The van der Waals surface area contributed by atoms with Crippen LogP contribution in [0, 0.1) is 6.92 Å². The van der Waals surface area contributed by atoms with E-state index < -0.39 is 0 Å². The van der Waals surface area contributed by atoms with Crippen LogP contribution in [0.2, 0.25) is 0 Å². The van der Waals surface area contributed by atoms with Gasteiger partial charge in [0, 0.05) is 11.6 Å². The van der Waals surface area contributed by atoms with Crippen LogP contribution in [0.15, 0.2) is 24.3 Å². The maximum Gasteiger partial charge on any atom is 0.140 e. The van der Waals surface area contributed by atoms with Crippen molar-refractivity contribution in [3.05, 3.63) is 30.0 Å². The summed E-state index contributed by atoms with van der Waals surface area (Å²) in [7, 11) is 4.82. The Balaban J connectivity index is 2.61. The van der Waals surface area contributed by atoms with Crippen molar-refractivity contribution in [2.24, 2.45) is 0 Å². The highest BCUT2D eigenvalue weighted by atomic mass is 16.5. The average Bonchev–Trinajstić information content (AvgIpc) is 2.46. The molecule has 0 aliphatic rings. The van der Waals surface area contributed by atoms with Gasteiger partial charge >= 0.3 is 0 Å². The van der Waals surface area contributed by atoms with Crippen LogP contribution in [0.25, 0.3) is 11.1 Å². The zero-order valence-electron chi connectivity index (χ0n) is 12.1. The molecule has 20 heavy (non-hydrogen) atoms. The average molecular weight is 274 g/mol. The Morgan fingerprint density at radius 2 is 1.50 bits per heavy atom. The molecule has 1 heterocycles. The van der Waals surface area contributed by atoms with Crippen LogP contribution < -0.4 is 19.9 Å². The smallest absolute Gasteiger partial charge is 0.140 e. The number of aryl methyl sites for hydroxylation is 1. The molecule has 0 aliphatic carbocycles. The van der Waals surface area contributed by atoms with Crippen LogP contribution in [0.4, 0.5) is 5.82 Å². The van der Waals surface area contributed by atoms with E-state index in [1.807, 2.05) is 25.1 Å². The predicted molar refractivity (Wildman–Crippen MR) is 78.5 cm³/mol. The minimum absolute atomic E-state index is 0.443. The first-order chi connectivity index (χ1) is 9.58. The lowest BCUT2D eigenvalue weighted by atomic mass is 10.0. The number of ether oxygens (including phenoxy) is 3. The first-order valence-corrected chi connectivity index (χ1v) is 6.13. The van der Waals surface area contributed by atoms with E-state index in [1.165, 1.54) is 0 Å². The Morgan fingerprint density at radius 3 is 2.00 bits per heavy atom. The van der Waals surface area contributed by atoms with E-state index in [-0.39, 0.29) is 0 Å². The second kappa shape index (κ2) is 5.69. The summed E-state index contributed by atoms with van der Waals surface area (Å²) in [5, 5.41) is 0. The topological polar surface area (TPSA) is 66.6 Å². The molecule has 0 atom stereocenters. The van der Waals surface area contributed by atoms with Gasteiger partial charge in [0.25, 0.3) is 0 Å². The molecule has 2 aromatic rings. The molecule has 0 saturated carbocycles. The van der Waals surface area contributed by atoms with Crippen LogP contribution in [0.5, 0.6) is 17.2 Å². The first kappa shape index (κ1) is 14.0. The minimum Gasteiger partial charge on any atom is -0.497 e. The molecule has 1 aromatic carbocycles. The van der Waals surface area contributed by atoms with Gasteiger partial charge in [0.1, 0.15) is 23.1 Å². The largest absolute Gasteiger partial charge is 0.497 e. The highest BCUT2D eigenvalue weighted by Crippen LogP contribution is 2.34. The number of methoxy groups -OCH3 is 3. The Labute approximate surface area is 118 Å². The number of nitrogen functional groups attached to an aromatic ring is 1. The summed E-state index contributed by atoms with van der Waals surface area (Å²) >= 11 is 0. The lowest BCUT2D eigenvalue weighted by molar-refractivity contribution is 0.394. The van der Waals surface area contributed by atoms with Crippen molar-refractivity contribution < 1.29 is 14.2 Å². The van der Waals surface area contributed by atoms with E-state index >= 15 is 0 Å². The van der Waals surface area contributed by atoms with Crippen molar-refractivity contribution in [2.75, 3.05) is 27.1 Å². The number of aromatic nitrogens is 1. The zero-order chi connectivity index (χ0) is 14.7. The van der Waals surface area contributed by atoms with Crippen LogP contribution in [-0.2, 0) is 0 Å². The maximum atomic E-state index is 6.01. The zero-order valence-corrected chi connectivity index (χ0v) is 12.1. The van der Waals surface area contributed by atoms with Gasteiger partial charge in [-0.3, -0.25) is 0 Å². The molecule has 2 rings (SSSR count). The molecule has 5 heteroatoms. The molecule has 0 bridgehead atoms. The lowest BCUT2D eigenvalue weighted by Gasteiger charge is -2.12. The summed E-state index contributed by atoms with van der Waals surface area (Å²) in [6, 6.07) is 7.43. The van der Waals surface area contributed by atoms with Gasteiger partial charge in [0.05, 0.1) is 27.0 Å². The van der Waals surface area contributed by atoms with Crippen molar-refractivity contribution in [1.82, 2.24) is 4.98 Å². The van der Waals surface area contributed by atoms with Crippen molar-refractivity contribution in [2.45, 2.75) is 6.92 Å². The first-order valence-electron chi connectivity index (χ1n) is 6.13. The van der Waals surface area contributed by atoms with Crippen LogP contribution >= 0.6 is 0 Å². The van der Waals surface area contributed by atoms with E-state index in [2.05, 4.69) is 4.98 Å². The highest BCUT2D eigenvalue weighted by Gasteiger charge is 2.11. The molecular formula is C15H18N2O3. The van der Waals surface area contributed by atoms with Crippen molar-refractivity contribution in [3.63, 3.8) is 0 Å². The molecule has 5 nitrogen and oxygen atoms in total. The third kappa shape index (κ3) is 2.61. The fourth-order valence-electron chi connectivity index (χ4n) is 2.01. The van der Waals surface area contributed by atoms with E-state index in [9.17, 15) is 0 Å². The normalized spacial score (nSPS) is 10.2. The second-order valence-electron chi connectivity index (χ2n) is 4.31. The van der Waals surface area contributed by atoms with Crippen molar-refractivity contribution >= 4 is 5.82 Å². The summed E-state index contributed by atoms with van der Waals surface area (Å²) in [6.07, 6.45) is 0. The monoisotopic (exact) mass is 274 g/mol. The van der Waals surface area contributed by atoms with E-state index in [0.717, 1.165) is 16.8 Å². The van der Waals surface area contributed by atoms with E-state index in [1.54, 1.807) is 27.4 Å². The number of nitrogens with zero attached hydrogens (tertiary/aromatic N) is 1. The molecule has 0 aliphatic heterocycles. The summed E-state index contributed by atoms with van der Waals surface area (Å²) in [4.78, 5) is 4.30. The molecule has 106 valence electrons. The van der Waals surface area contributed by atoms with Gasteiger partial charge in [-0.25, -0.2) is 4.98 Å². The molecular weight excluding hydrogens is 256 g/mol. The Kier molecular flexibility index (Phi) is 3.98. The number of hydrogen-bond donors (Lipinski definition) is 1. The maximum absolute atomic E-state index is 6.01. The van der Waals surface area contributed by atoms with Crippen LogP contribution in [-0.4, -0.2) is 26.3 Å². The summed E-state index contributed by atoms with van der Waals surface area (Å²) in [5.74, 6) is 2.52. The van der Waals surface area contributed by atoms with E-state index in [4.69, 9.17) is 19.9 Å². The van der Waals surface area contributed by atoms with Gasteiger partial charge < -0.3 is 19.9 Å². The van der Waals surface area contributed by atoms with Crippen LogP contribution in [0.1, 0.15) is 5.69 Å². The van der Waals surface area contributed by atoms with Gasteiger partial charge in [0.15, 0.2) is 0 Å². The molecule has 0 saturated heterocycles. The summed E-state index contributed by atoms with van der Waals surface area (Å²) < 4.78 is 15.8. The fourth-order valence-corrected chi connectivity index (χ4v) is 2.01. The molecule has 1 aromatic heterocycles.